The molecule has 3 nitrogen and oxygen atoms in total. The van der Waals surface area contributed by atoms with Gasteiger partial charge >= 0.3 is 0 Å². The minimum Gasteiger partial charge on any atom is -0.375 e. The van der Waals surface area contributed by atoms with Gasteiger partial charge in [0.05, 0.1) is 16.9 Å². The molecule has 0 unspecified atom stereocenters. The first-order chi connectivity index (χ1) is 8.20. The number of anilines is 2. The maximum Gasteiger partial charge on any atom is 0.224 e. The molecule has 17 heavy (non-hydrogen) atoms. The molecule has 1 aromatic rings. The number of carbonyl (C=O) groups excluding carboxylic acids is 1. The first-order valence-corrected chi connectivity index (χ1v) is 7.27. The molecule has 2 heterocycles. The summed E-state index contributed by atoms with van der Waals surface area (Å²) in [6.45, 7) is 2.51. The van der Waals surface area contributed by atoms with Gasteiger partial charge in [0.15, 0.2) is 0 Å². The molecule has 1 aromatic heterocycles. The zero-order chi connectivity index (χ0) is 11.9. The third kappa shape index (κ3) is 1.84. The molecule has 1 spiro atoms. The topological polar surface area (TPSA) is 32.3 Å². The summed E-state index contributed by atoms with van der Waals surface area (Å²) in [5, 5.41) is 7.89. The highest BCUT2D eigenvalue weighted by Gasteiger charge is 2.39. The third-order valence-corrected chi connectivity index (χ3v) is 4.71. The molecule has 92 valence electrons. The van der Waals surface area contributed by atoms with Crippen LogP contribution in [0.25, 0.3) is 0 Å². The second-order valence-electron chi connectivity index (χ2n) is 5.24. The number of carbonyl (C=O) groups is 1. The summed E-state index contributed by atoms with van der Waals surface area (Å²) in [6.07, 6.45) is 6.26. The van der Waals surface area contributed by atoms with Gasteiger partial charge in [-0.15, -0.1) is 11.3 Å². The lowest BCUT2D eigenvalue weighted by Gasteiger charge is -2.46. The Bertz CT molecular complexity index is 434. The molecule has 1 N–H and O–H groups in total. The van der Waals surface area contributed by atoms with Crippen LogP contribution in [-0.2, 0) is 4.79 Å². The quantitative estimate of drug-likeness (QED) is 0.766. The van der Waals surface area contributed by atoms with Gasteiger partial charge in [0.25, 0.3) is 0 Å². The fourth-order valence-corrected chi connectivity index (χ4v) is 3.87. The van der Waals surface area contributed by atoms with E-state index in [-0.39, 0.29) is 11.4 Å². The highest BCUT2D eigenvalue weighted by atomic mass is 32.1. The van der Waals surface area contributed by atoms with Gasteiger partial charge in [-0.2, -0.15) is 0 Å². The maximum atomic E-state index is 11.8. The molecule has 0 radical (unpaired) electrons. The molecular formula is C13H18N2OS. The Hall–Kier alpha value is -1.03. The van der Waals surface area contributed by atoms with Gasteiger partial charge in [0.1, 0.15) is 0 Å². The smallest absolute Gasteiger partial charge is 0.224 e. The zero-order valence-corrected chi connectivity index (χ0v) is 11.0. The van der Waals surface area contributed by atoms with Crippen LogP contribution in [0.15, 0.2) is 10.8 Å². The molecule has 0 saturated heterocycles. The second kappa shape index (κ2) is 4.02. The zero-order valence-electron chi connectivity index (χ0n) is 10.2. The van der Waals surface area contributed by atoms with Crippen molar-refractivity contribution in [1.29, 1.82) is 0 Å². The first kappa shape index (κ1) is 11.1. The Morgan fingerprint density at radius 3 is 2.82 bits per heavy atom. The van der Waals surface area contributed by atoms with E-state index >= 15 is 0 Å². The van der Waals surface area contributed by atoms with Crippen LogP contribution in [0.3, 0.4) is 0 Å². The molecule has 1 aliphatic heterocycles. The van der Waals surface area contributed by atoms with Gasteiger partial charge in [-0.05, 0) is 12.8 Å². The van der Waals surface area contributed by atoms with E-state index in [1.165, 1.54) is 32.1 Å². The van der Waals surface area contributed by atoms with Crippen molar-refractivity contribution in [2.24, 2.45) is 0 Å². The molecule has 0 atom stereocenters. The van der Waals surface area contributed by atoms with E-state index in [1.54, 1.807) is 18.3 Å². The molecule has 1 saturated carbocycles. The van der Waals surface area contributed by atoms with Crippen LogP contribution in [0.4, 0.5) is 11.4 Å². The highest BCUT2D eigenvalue weighted by molar-refractivity contribution is 7.09. The number of amides is 1. The van der Waals surface area contributed by atoms with E-state index in [0.29, 0.717) is 0 Å². The highest BCUT2D eigenvalue weighted by Crippen LogP contribution is 2.42. The summed E-state index contributed by atoms with van der Waals surface area (Å²) in [5.74, 6) is 0.163. The van der Waals surface area contributed by atoms with E-state index in [0.717, 1.165) is 17.9 Å². The first-order valence-electron chi connectivity index (χ1n) is 6.33. The molecule has 3 rings (SSSR count). The number of hydrogen-bond donors (Lipinski definition) is 1. The number of fused-ring (bicyclic) bond motifs is 1. The Labute approximate surface area is 106 Å². The Balaban J connectivity index is 1.95. The lowest BCUT2D eigenvalue weighted by Crippen LogP contribution is -2.54. The number of nitrogens with one attached hydrogen (secondary N) is 1. The monoisotopic (exact) mass is 250 g/mol. The molecular weight excluding hydrogens is 232 g/mol. The van der Waals surface area contributed by atoms with Crippen molar-refractivity contribution in [3.05, 3.63) is 10.8 Å². The van der Waals surface area contributed by atoms with E-state index in [2.05, 4.69) is 16.1 Å². The van der Waals surface area contributed by atoms with Crippen LogP contribution >= 0.6 is 11.3 Å². The molecule has 2 aliphatic rings. The molecule has 0 bridgehead atoms. The summed E-state index contributed by atoms with van der Waals surface area (Å²) >= 11 is 1.67. The van der Waals surface area contributed by atoms with Gasteiger partial charge < -0.3 is 10.2 Å². The summed E-state index contributed by atoms with van der Waals surface area (Å²) in [6, 6.07) is 0. The van der Waals surface area contributed by atoms with E-state index in [9.17, 15) is 4.79 Å². The standard InChI is InChI=1S/C13H18N2OS/c1-10(16)15-9-13(5-3-2-4-6-13)14-11-7-17-8-12(11)15/h7-8,14H,2-6,9H2,1H3. The molecule has 1 fully saturated rings. The van der Waals surface area contributed by atoms with Gasteiger partial charge in [-0.3, -0.25) is 4.79 Å². The predicted molar refractivity (Wildman–Crippen MR) is 71.8 cm³/mol. The molecule has 4 heteroatoms. The van der Waals surface area contributed by atoms with Crippen LogP contribution in [0.5, 0.6) is 0 Å². The van der Waals surface area contributed by atoms with Gasteiger partial charge in [0, 0.05) is 24.2 Å². The van der Waals surface area contributed by atoms with Crippen molar-refractivity contribution in [3.8, 4) is 0 Å². The summed E-state index contributed by atoms with van der Waals surface area (Å²) in [4.78, 5) is 13.7. The van der Waals surface area contributed by atoms with Crippen LogP contribution in [0.1, 0.15) is 39.0 Å². The summed E-state index contributed by atoms with van der Waals surface area (Å²) in [7, 11) is 0. The van der Waals surface area contributed by atoms with Crippen molar-refractivity contribution in [1.82, 2.24) is 0 Å². The van der Waals surface area contributed by atoms with Gasteiger partial charge in [0.2, 0.25) is 5.91 Å². The SMILES string of the molecule is CC(=O)N1CC2(CCCCC2)Nc2cscc21. The van der Waals surface area contributed by atoms with Crippen LogP contribution < -0.4 is 10.2 Å². The van der Waals surface area contributed by atoms with E-state index in [1.807, 2.05) is 4.90 Å². The lowest BCUT2D eigenvalue weighted by molar-refractivity contribution is -0.116. The minimum absolute atomic E-state index is 0.137. The van der Waals surface area contributed by atoms with Crippen LogP contribution in [-0.4, -0.2) is 18.0 Å². The van der Waals surface area contributed by atoms with Crippen molar-refractivity contribution in [2.45, 2.75) is 44.6 Å². The number of hydrogen-bond acceptors (Lipinski definition) is 3. The molecule has 1 amide bonds. The van der Waals surface area contributed by atoms with E-state index in [4.69, 9.17) is 0 Å². The summed E-state index contributed by atoms with van der Waals surface area (Å²) in [5.41, 5.74) is 2.36. The Morgan fingerprint density at radius 2 is 2.12 bits per heavy atom. The Kier molecular flexibility index (Phi) is 2.62. The van der Waals surface area contributed by atoms with Crippen molar-refractivity contribution >= 4 is 28.6 Å². The van der Waals surface area contributed by atoms with Crippen molar-refractivity contribution in [2.75, 3.05) is 16.8 Å². The van der Waals surface area contributed by atoms with Crippen LogP contribution in [0.2, 0.25) is 0 Å². The fourth-order valence-electron chi connectivity index (χ4n) is 3.10. The number of thiophene rings is 1. The summed E-state index contributed by atoms with van der Waals surface area (Å²) < 4.78 is 0. The maximum absolute atomic E-state index is 11.8. The second-order valence-corrected chi connectivity index (χ2v) is 5.99. The average Bonchev–Trinajstić information content (AvgIpc) is 2.76. The number of nitrogens with zero attached hydrogens (tertiary/aromatic N) is 1. The van der Waals surface area contributed by atoms with Crippen LogP contribution in [0, 0.1) is 0 Å². The van der Waals surface area contributed by atoms with Gasteiger partial charge in [-0.25, -0.2) is 0 Å². The van der Waals surface area contributed by atoms with Gasteiger partial charge in [-0.1, -0.05) is 19.3 Å². The largest absolute Gasteiger partial charge is 0.375 e. The lowest BCUT2D eigenvalue weighted by atomic mass is 9.80. The molecule has 1 aliphatic carbocycles. The Morgan fingerprint density at radius 1 is 1.35 bits per heavy atom. The average molecular weight is 250 g/mol. The molecule has 0 aromatic carbocycles. The normalized spacial score (nSPS) is 22.1. The third-order valence-electron chi connectivity index (χ3n) is 3.98. The van der Waals surface area contributed by atoms with Crippen molar-refractivity contribution in [3.63, 3.8) is 0 Å². The predicted octanol–water partition coefficient (Wildman–Crippen LogP) is 3.23. The minimum atomic E-state index is 0.137. The van der Waals surface area contributed by atoms with E-state index < -0.39 is 0 Å². The number of rotatable bonds is 0. The van der Waals surface area contributed by atoms with Crippen molar-refractivity contribution < 1.29 is 4.79 Å². The fraction of sp³-hybridized carbons (Fsp3) is 0.615.